The van der Waals surface area contributed by atoms with E-state index in [-0.39, 0.29) is 6.04 Å². The van der Waals surface area contributed by atoms with Gasteiger partial charge in [-0.25, -0.2) is 0 Å². The van der Waals surface area contributed by atoms with Gasteiger partial charge in [0.1, 0.15) is 0 Å². The molecular weight excluding hydrogens is 212 g/mol. The number of hydrogen-bond donors (Lipinski definition) is 2. The summed E-state index contributed by atoms with van der Waals surface area (Å²) in [7, 11) is 0. The summed E-state index contributed by atoms with van der Waals surface area (Å²) in [5.41, 5.74) is 7.29. The first-order valence-electron chi connectivity index (χ1n) is 6.49. The fourth-order valence-corrected chi connectivity index (χ4v) is 2.19. The Bertz CT molecular complexity index is 309. The molecular formula is C14H22N2O. The molecule has 1 saturated heterocycles. The van der Waals surface area contributed by atoms with Crippen molar-refractivity contribution in [2.45, 2.75) is 31.4 Å². The molecule has 0 aromatic heterocycles. The fraction of sp³-hybridized carbons (Fsp3) is 0.571. The van der Waals surface area contributed by atoms with Crippen molar-refractivity contribution >= 4 is 0 Å². The van der Waals surface area contributed by atoms with E-state index in [1.165, 1.54) is 24.8 Å². The summed E-state index contributed by atoms with van der Waals surface area (Å²) < 4.78 is 5.66. The molecule has 3 N–H and O–H groups in total. The van der Waals surface area contributed by atoms with Gasteiger partial charge in [0.15, 0.2) is 0 Å². The molecule has 1 aliphatic heterocycles. The molecule has 1 aromatic carbocycles. The minimum atomic E-state index is 0.0693. The van der Waals surface area contributed by atoms with Gasteiger partial charge in [0.2, 0.25) is 0 Å². The normalized spacial score (nSPS) is 22.3. The third-order valence-corrected chi connectivity index (χ3v) is 3.24. The Hall–Kier alpha value is -0.900. The highest BCUT2D eigenvalue weighted by atomic mass is 16.5. The number of nitrogens with two attached hydrogens (primary N) is 1. The topological polar surface area (TPSA) is 47.3 Å². The number of rotatable bonds is 5. The zero-order chi connectivity index (χ0) is 11.9. The Balaban J connectivity index is 1.67. The zero-order valence-corrected chi connectivity index (χ0v) is 10.3. The quantitative estimate of drug-likeness (QED) is 0.817. The molecule has 0 spiro atoms. The Kier molecular flexibility index (Phi) is 4.98. The molecule has 0 bridgehead atoms. The molecule has 3 heteroatoms. The van der Waals surface area contributed by atoms with Crippen molar-refractivity contribution in [1.82, 2.24) is 5.32 Å². The van der Waals surface area contributed by atoms with Gasteiger partial charge in [-0.15, -0.1) is 0 Å². The highest BCUT2D eigenvalue weighted by Gasteiger charge is 2.13. The predicted molar refractivity (Wildman–Crippen MR) is 69.8 cm³/mol. The first-order chi connectivity index (χ1) is 8.36. The lowest BCUT2D eigenvalue weighted by Crippen LogP contribution is -2.35. The molecule has 0 amide bonds. The second kappa shape index (κ2) is 6.74. The third-order valence-electron chi connectivity index (χ3n) is 3.24. The molecule has 2 rings (SSSR count). The predicted octanol–water partition coefficient (Wildman–Crippen LogP) is 1.85. The van der Waals surface area contributed by atoms with Crippen molar-refractivity contribution in [2.24, 2.45) is 5.73 Å². The number of hydrogen-bond acceptors (Lipinski definition) is 3. The van der Waals surface area contributed by atoms with Gasteiger partial charge in [0.25, 0.3) is 0 Å². The summed E-state index contributed by atoms with van der Waals surface area (Å²) in [4.78, 5) is 0. The molecule has 1 heterocycles. The van der Waals surface area contributed by atoms with Crippen LogP contribution in [0.15, 0.2) is 30.3 Å². The van der Waals surface area contributed by atoms with Crippen LogP contribution in [0.3, 0.4) is 0 Å². The van der Waals surface area contributed by atoms with Crippen LogP contribution in [0.2, 0.25) is 0 Å². The van der Waals surface area contributed by atoms with E-state index in [1.807, 2.05) is 18.2 Å². The molecule has 0 aliphatic carbocycles. The van der Waals surface area contributed by atoms with E-state index in [9.17, 15) is 0 Å². The zero-order valence-electron chi connectivity index (χ0n) is 10.3. The van der Waals surface area contributed by atoms with Crippen LogP contribution in [-0.4, -0.2) is 25.8 Å². The van der Waals surface area contributed by atoms with Crippen molar-refractivity contribution in [1.29, 1.82) is 0 Å². The van der Waals surface area contributed by atoms with E-state index in [1.54, 1.807) is 0 Å². The van der Waals surface area contributed by atoms with E-state index in [2.05, 4.69) is 17.4 Å². The van der Waals surface area contributed by atoms with E-state index < -0.39 is 0 Å². The number of ether oxygens (including phenoxy) is 1. The van der Waals surface area contributed by atoms with Crippen LogP contribution in [0.1, 0.15) is 30.9 Å². The Labute approximate surface area is 103 Å². The summed E-state index contributed by atoms with van der Waals surface area (Å²) in [5.74, 6) is 0. The maximum atomic E-state index is 6.11. The van der Waals surface area contributed by atoms with Crippen LogP contribution in [0, 0.1) is 0 Å². The molecule has 1 aliphatic rings. The van der Waals surface area contributed by atoms with Crippen LogP contribution in [0.25, 0.3) is 0 Å². The van der Waals surface area contributed by atoms with E-state index >= 15 is 0 Å². The Morgan fingerprint density at radius 3 is 2.82 bits per heavy atom. The van der Waals surface area contributed by atoms with Gasteiger partial charge in [-0.3, -0.25) is 0 Å². The lowest BCUT2D eigenvalue weighted by molar-refractivity contribution is 0.0169. The maximum absolute atomic E-state index is 6.11. The van der Waals surface area contributed by atoms with E-state index in [4.69, 9.17) is 10.5 Å². The average molecular weight is 234 g/mol. The van der Waals surface area contributed by atoms with Gasteiger partial charge >= 0.3 is 0 Å². The van der Waals surface area contributed by atoms with Crippen molar-refractivity contribution < 1.29 is 4.74 Å². The average Bonchev–Trinajstić information content (AvgIpc) is 2.41. The molecule has 17 heavy (non-hydrogen) atoms. The van der Waals surface area contributed by atoms with Crippen molar-refractivity contribution in [3.05, 3.63) is 35.9 Å². The minimum Gasteiger partial charge on any atom is -0.377 e. The highest BCUT2D eigenvalue weighted by molar-refractivity contribution is 5.18. The van der Waals surface area contributed by atoms with Crippen molar-refractivity contribution in [3.8, 4) is 0 Å². The molecule has 2 atom stereocenters. The second-order valence-corrected chi connectivity index (χ2v) is 4.66. The third kappa shape index (κ3) is 4.11. The summed E-state index contributed by atoms with van der Waals surface area (Å²) >= 11 is 0. The SMILES string of the molecule is NC(CNCC1CCCCO1)c1ccccc1. The number of benzene rings is 1. The van der Waals surface area contributed by atoms with Crippen molar-refractivity contribution in [3.63, 3.8) is 0 Å². The van der Waals surface area contributed by atoms with Crippen LogP contribution < -0.4 is 11.1 Å². The molecule has 0 radical (unpaired) electrons. The Morgan fingerprint density at radius 1 is 1.29 bits per heavy atom. The molecule has 3 nitrogen and oxygen atoms in total. The van der Waals surface area contributed by atoms with Gasteiger partial charge in [-0.1, -0.05) is 30.3 Å². The smallest absolute Gasteiger partial charge is 0.0699 e. The first kappa shape index (κ1) is 12.6. The summed E-state index contributed by atoms with van der Waals surface area (Å²) in [6.07, 6.45) is 4.05. The molecule has 1 aromatic rings. The minimum absolute atomic E-state index is 0.0693. The second-order valence-electron chi connectivity index (χ2n) is 4.66. The van der Waals surface area contributed by atoms with Crippen LogP contribution in [-0.2, 0) is 4.74 Å². The van der Waals surface area contributed by atoms with Gasteiger partial charge in [0.05, 0.1) is 6.10 Å². The maximum Gasteiger partial charge on any atom is 0.0699 e. The highest BCUT2D eigenvalue weighted by Crippen LogP contribution is 2.12. The van der Waals surface area contributed by atoms with Gasteiger partial charge in [-0.2, -0.15) is 0 Å². The molecule has 0 saturated carbocycles. The van der Waals surface area contributed by atoms with Gasteiger partial charge < -0.3 is 15.8 Å². The Morgan fingerprint density at radius 2 is 2.12 bits per heavy atom. The standard InChI is InChI=1S/C14H22N2O/c15-14(12-6-2-1-3-7-12)11-16-10-13-8-4-5-9-17-13/h1-3,6-7,13-14,16H,4-5,8-11,15H2. The fourth-order valence-electron chi connectivity index (χ4n) is 2.19. The largest absolute Gasteiger partial charge is 0.377 e. The van der Waals surface area contributed by atoms with Crippen LogP contribution in [0.4, 0.5) is 0 Å². The molecule has 94 valence electrons. The van der Waals surface area contributed by atoms with Gasteiger partial charge in [0, 0.05) is 25.7 Å². The summed E-state index contributed by atoms with van der Waals surface area (Å²) in [6.45, 7) is 2.64. The van der Waals surface area contributed by atoms with Crippen LogP contribution in [0.5, 0.6) is 0 Å². The number of nitrogens with one attached hydrogen (secondary N) is 1. The first-order valence-corrected chi connectivity index (χ1v) is 6.49. The lowest BCUT2D eigenvalue weighted by atomic mass is 10.1. The molecule has 2 unspecified atom stereocenters. The summed E-state index contributed by atoms with van der Waals surface area (Å²) in [6, 6.07) is 10.3. The monoisotopic (exact) mass is 234 g/mol. The van der Waals surface area contributed by atoms with E-state index in [0.717, 1.165) is 19.7 Å². The van der Waals surface area contributed by atoms with E-state index in [0.29, 0.717) is 6.10 Å². The van der Waals surface area contributed by atoms with Crippen LogP contribution >= 0.6 is 0 Å². The lowest BCUT2D eigenvalue weighted by Gasteiger charge is -2.23. The van der Waals surface area contributed by atoms with Crippen molar-refractivity contribution in [2.75, 3.05) is 19.7 Å². The van der Waals surface area contributed by atoms with Gasteiger partial charge in [-0.05, 0) is 24.8 Å². The molecule has 1 fully saturated rings. The summed E-state index contributed by atoms with van der Waals surface area (Å²) in [5, 5.41) is 3.40.